The molecule has 2 aromatic rings. The standard InChI is InChI=1S/C19H21BrN2O2S/c1-3-13-6-4-5-7-16(13)21-19(23)22-10-11-25-18(22)14-8-9-17(24-2)15(20)12-14/h4-9,12,18H,3,10-11H2,1-2H3,(H,21,23). The maximum absolute atomic E-state index is 12.8. The van der Waals surface area contributed by atoms with E-state index in [2.05, 4.69) is 28.2 Å². The van der Waals surface area contributed by atoms with Crippen LogP contribution in [0.5, 0.6) is 5.75 Å². The molecule has 1 heterocycles. The summed E-state index contributed by atoms with van der Waals surface area (Å²) in [6.07, 6.45) is 0.889. The Morgan fingerprint density at radius 2 is 2.16 bits per heavy atom. The van der Waals surface area contributed by atoms with Gasteiger partial charge in [-0.05, 0) is 51.7 Å². The molecule has 1 fully saturated rings. The molecule has 0 aliphatic carbocycles. The van der Waals surface area contributed by atoms with Crippen LogP contribution in [0.2, 0.25) is 0 Å². The lowest BCUT2D eigenvalue weighted by Gasteiger charge is -2.25. The van der Waals surface area contributed by atoms with Crippen molar-refractivity contribution in [2.24, 2.45) is 0 Å². The summed E-state index contributed by atoms with van der Waals surface area (Å²) in [6.45, 7) is 2.83. The Bertz CT molecular complexity index is 769. The first-order valence-electron chi connectivity index (χ1n) is 8.24. The number of nitrogens with one attached hydrogen (secondary N) is 1. The van der Waals surface area contributed by atoms with Gasteiger partial charge in [0, 0.05) is 18.0 Å². The third kappa shape index (κ3) is 3.96. The normalized spacial score (nSPS) is 16.8. The fraction of sp³-hybridized carbons (Fsp3) is 0.316. The molecule has 6 heteroatoms. The quantitative estimate of drug-likeness (QED) is 0.729. The van der Waals surface area contributed by atoms with Crippen LogP contribution in [0.25, 0.3) is 0 Å². The van der Waals surface area contributed by atoms with Crippen molar-refractivity contribution in [3.8, 4) is 5.75 Å². The molecule has 0 bridgehead atoms. The summed E-state index contributed by atoms with van der Waals surface area (Å²) in [5.41, 5.74) is 3.13. The van der Waals surface area contributed by atoms with Gasteiger partial charge in [-0.15, -0.1) is 11.8 Å². The van der Waals surface area contributed by atoms with Crippen LogP contribution in [-0.2, 0) is 6.42 Å². The molecule has 0 spiro atoms. The lowest BCUT2D eigenvalue weighted by Crippen LogP contribution is -2.34. The zero-order chi connectivity index (χ0) is 17.8. The van der Waals surface area contributed by atoms with Gasteiger partial charge in [-0.25, -0.2) is 4.79 Å². The summed E-state index contributed by atoms with van der Waals surface area (Å²) in [7, 11) is 1.65. The number of ether oxygens (including phenoxy) is 1. The third-order valence-corrected chi connectivity index (χ3v) is 6.13. The number of benzene rings is 2. The maximum atomic E-state index is 12.8. The highest BCUT2D eigenvalue weighted by Gasteiger charge is 2.31. The summed E-state index contributed by atoms with van der Waals surface area (Å²) in [5.74, 6) is 1.72. The Morgan fingerprint density at radius 1 is 1.36 bits per heavy atom. The molecule has 0 aromatic heterocycles. The lowest BCUT2D eigenvalue weighted by atomic mass is 10.1. The van der Waals surface area contributed by atoms with Crippen molar-refractivity contribution in [2.75, 3.05) is 24.7 Å². The second-order valence-electron chi connectivity index (χ2n) is 5.75. The van der Waals surface area contributed by atoms with Gasteiger partial charge in [0.25, 0.3) is 0 Å². The van der Waals surface area contributed by atoms with Crippen molar-refractivity contribution >= 4 is 39.4 Å². The van der Waals surface area contributed by atoms with Crippen LogP contribution in [0, 0.1) is 0 Å². The number of urea groups is 1. The topological polar surface area (TPSA) is 41.6 Å². The predicted molar refractivity (Wildman–Crippen MR) is 107 cm³/mol. The van der Waals surface area contributed by atoms with E-state index in [9.17, 15) is 4.79 Å². The van der Waals surface area contributed by atoms with Gasteiger partial charge < -0.3 is 15.0 Å². The number of hydrogen-bond donors (Lipinski definition) is 1. The molecule has 2 aromatic carbocycles. The van der Waals surface area contributed by atoms with Crippen LogP contribution >= 0.6 is 27.7 Å². The lowest BCUT2D eigenvalue weighted by molar-refractivity contribution is 0.214. The minimum atomic E-state index is -0.0529. The number of halogens is 1. The van der Waals surface area contributed by atoms with Gasteiger partial charge in [-0.3, -0.25) is 0 Å². The average Bonchev–Trinajstić information content (AvgIpc) is 3.12. The molecule has 1 atom stereocenters. The smallest absolute Gasteiger partial charge is 0.323 e. The summed E-state index contributed by atoms with van der Waals surface area (Å²) < 4.78 is 6.19. The molecule has 1 saturated heterocycles. The maximum Gasteiger partial charge on any atom is 0.323 e. The molecule has 1 aliphatic rings. The number of anilines is 1. The number of nitrogens with zero attached hydrogens (tertiary/aromatic N) is 1. The SMILES string of the molecule is CCc1ccccc1NC(=O)N1CCSC1c1ccc(OC)c(Br)c1. The van der Waals surface area contributed by atoms with Crippen LogP contribution in [0.3, 0.4) is 0 Å². The number of methoxy groups -OCH3 is 1. The first-order valence-corrected chi connectivity index (χ1v) is 10.1. The van der Waals surface area contributed by atoms with Gasteiger partial charge in [0.05, 0.1) is 11.6 Å². The van der Waals surface area contributed by atoms with Gasteiger partial charge in [0.2, 0.25) is 0 Å². The zero-order valence-electron chi connectivity index (χ0n) is 14.3. The molecule has 3 rings (SSSR count). The highest BCUT2D eigenvalue weighted by molar-refractivity contribution is 9.10. The van der Waals surface area contributed by atoms with E-state index in [1.54, 1.807) is 18.9 Å². The van der Waals surface area contributed by atoms with E-state index in [4.69, 9.17) is 4.74 Å². The molecule has 132 valence electrons. The number of hydrogen-bond acceptors (Lipinski definition) is 3. The number of carbonyl (C=O) groups excluding carboxylic acids is 1. The van der Waals surface area contributed by atoms with Crippen LogP contribution in [0.4, 0.5) is 10.5 Å². The van der Waals surface area contributed by atoms with Crippen LogP contribution in [0.1, 0.15) is 23.4 Å². The van der Waals surface area contributed by atoms with Gasteiger partial charge >= 0.3 is 6.03 Å². The van der Waals surface area contributed by atoms with Crippen molar-refractivity contribution in [3.63, 3.8) is 0 Å². The zero-order valence-corrected chi connectivity index (χ0v) is 16.7. The van der Waals surface area contributed by atoms with Gasteiger partial charge in [-0.2, -0.15) is 0 Å². The molecule has 1 unspecified atom stereocenters. The van der Waals surface area contributed by atoms with Crippen LogP contribution in [-0.4, -0.2) is 30.3 Å². The Hall–Kier alpha value is -1.66. The Morgan fingerprint density at radius 3 is 2.88 bits per heavy atom. The van der Waals surface area contributed by atoms with Gasteiger partial charge in [0.1, 0.15) is 11.1 Å². The predicted octanol–water partition coefficient (Wildman–Crippen LogP) is 5.30. The molecule has 0 saturated carbocycles. The summed E-state index contributed by atoms with van der Waals surface area (Å²) in [4.78, 5) is 14.7. The van der Waals surface area contributed by atoms with Gasteiger partial charge in [0.15, 0.2) is 0 Å². The summed E-state index contributed by atoms with van der Waals surface area (Å²) in [6, 6.07) is 13.9. The van der Waals surface area contributed by atoms with Crippen molar-refractivity contribution in [2.45, 2.75) is 18.7 Å². The monoisotopic (exact) mass is 420 g/mol. The van der Waals surface area contributed by atoms with E-state index in [1.165, 1.54) is 0 Å². The van der Waals surface area contributed by atoms with E-state index in [0.717, 1.165) is 45.8 Å². The molecule has 1 aliphatic heterocycles. The van der Waals surface area contributed by atoms with Crippen LogP contribution in [0.15, 0.2) is 46.9 Å². The van der Waals surface area contributed by atoms with E-state index in [-0.39, 0.29) is 11.4 Å². The first-order chi connectivity index (χ1) is 12.1. The highest BCUT2D eigenvalue weighted by Crippen LogP contribution is 2.40. The second kappa shape index (κ2) is 8.15. The molecule has 1 N–H and O–H groups in total. The summed E-state index contributed by atoms with van der Waals surface area (Å²) in [5, 5.41) is 3.09. The average molecular weight is 421 g/mol. The minimum absolute atomic E-state index is 0.0102. The number of aryl methyl sites for hydroxylation is 1. The van der Waals surface area contributed by atoms with Crippen LogP contribution < -0.4 is 10.1 Å². The van der Waals surface area contributed by atoms with Gasteiger partial charge in [-0.1, -0.05) is 31.2 Å². The second-order valence-corrected chi connectivity index (χ2v) is 7.79. The third-order valence-electron chi connectivity index (χ3n) is 4.25. The van der Waals surface area contributed by atoms with Crippen molar-refractivity contribution < 1.29 is 9.53 Å². The van der Waals surface area contributed by atoms with Crippen molar-refractivity contribution in [1.29, 1.82) is 0 Å². The first kappa shape index (κ1) is 18.1. The van der Waals surface area contributed by atoms with Crippen molar-refractivity contribution in [1.82, 2.24) is 4.90 Å². The Labute approximate surface area is 161 Å². The van der Waals surface area contributed by atoms with Crippen molar-refractivity contribution in [3.05, 3.63) is 58.1 Å². The number of para-hydroxylation sites is 1. The Balaban J connectivity index is 1.79. The number of thioether (sulfide) groups is 1. The molecule has 2 amide bonds. The molecular formula is C19H21BrN2O2S. The van der Waals surface area contributed by atoms with E-state index >= 15 is 0 Å². The number of carbonyl (C=O) groups is 1. The Kier molecular flexibility index (Phi) is 5.91. The number of rotatable bonds is 4. The molecule has 25 heavy (non-hydrogen) atoms. The van der Waals surface area contributed by atoms with E-state index < -0.39 is 0 Å². The molecular weight excluding hydrogens is 400 g/mol. The van der Waals surface area contributed by atoms with E-state index in [1.807, 2.05) is 47.4 Å². The largest absolute Gasteiger partial charge is 0.496 e. The molecule has 0 radical (unpaired) electrons. The minimum Gasteiger partial charge on any atom is -0.496 e. The number of amides is 2. The highest BCUT2D eigenvalue weighted by atomic mass is 79.9. The van der Waals surface area contributed by atoms with E-state index in [0.29, 0.717) is 0 Å². The molecule has 4 nitrogen and oxygen atoms in total. The summed E-state index contributed by atoms with van der Waals surface area (Å²) >= 11 is 5.31. The fourth-order valence-corrected chi connectivity index (χ4v) is 4.73. The fourth-order valence-electron chi connectivity index (χ4n) is 2.93.